The van der Waals surface area contributed by atoms with Gasteiger partial charge in [0.2, 0.25) is 5.95 Å². The fraction of sp³-hybridized carbons (Fsp3) is 0.522. The van der Waals surface area contributed by atoms with Crippen molar-refractivity contribution < 1.29 is 4.79 Å². The molecule has 0 spiro atoms. The average molecular weight is 445 g/mol. The van der Waals surface area contributed by atoms with Crippen LogP contribution in [0.25, 0.3) is 0 Å². The molecule has 0 saturated heterocycles. The highest BCUT2D eigenvalue weighted by atomic mass is 35.5. The molecule has 1 aliphatic carbocycles. The van der Waals surface area contributed by atoms with E-state index in [1.54, 1.807) is 0 Å². The molecule has 0 unspecified atom stereocenters. The van der Waals surface area contributed by atoms with Crippen molar-refractivity contribution in [1.82, 2.24) is 20.6 Å². The van der Waals surface area contributed by atoms with Crippen LogP contribution in [0.4, 0.5) is 16.6 Å². The van der Waals surface area contributed by atoms with Crippen molar-refractivity contribution >= 4 is 29.4 Å². The second kappa shape index (κ2) is 9.73. The lowest BCUT2D eigenvalue weighted by Gasteiger charge is -2.32. The fourth-order valence-corrected chi connectivity index (χ4v) is 3.98. The van der Waals surface area contributed by atoms with Crippen LogP contribution in [0.3, 0.4) is 0 Å². The zero-order chi connectivity index (χ0) is 22.6. The number of anilines is 2. The topological polar surface area (TPSA) is 82.2 Å². The van der Waals surface area contributed by atoms with Crippen LogP contribution in [0, 0.1) is 6.92 Å². The van der Waals surface area contributed by atoms with E-state index in [1.807, 2.05) is 70.1 Å². The Hall–Kier alpha value is -2.54. The normalized spacial score (nSPS) is 18.9. The summed E-state index contributed by atoms with van der Waals surface area (Å²) >= 11 is 5.97. The molecule has 1 aromatic heterocycles. The van der Waals surface area contributed by atoms with E-state index in [9.17, 15) is 4.79 Å². The summed E-state index contributed by atoms with van der Waals surface area (Å²) in [5.74, 6) is 1.56. The van der Waals surface area contributed by atoms with Crippen LogP contribution in [0.1, 0.15) is 50.8 Å². The van der Waals surface area contributed by atoms with E-state index in [4.69, 9.17) is 11.6 Å². The standard InChI is InChI=1S/C23H33ClN6O/c1-15-14-20(30(4)5)28-21(25-15)26-18-10-12-19(13-11-18)27-22(31)29-23(2,3)16-6-8-17(24)9-7-16/h6-9,14,18-19H,10-13H2,1-5H3,(H,25,26,28)(H2,27,29,31). The summed E-state index contributed by atoms with van der Waals surface area (Å²) < 4.78 is 0. The maximum atomic E-state index is 12.6. The summed E-state index contributed by atoms with van der Waals surface area (Å²) in [5, 5.41) is 10.4. The lowest BCUT2D eigenvalue weighted by Crippen LogP contribution is -2.50. The minimum absolute atomic E-state index is 0.144. The number of carbonyl (C=O) groups is 1. The minimum atomic E-state index is -0.486. The van der Waals surface area contributed by atoms with Crippen LogP contribution in [0.2, 0.25) is 5.02 Å². The fourth-order valence-electron chi connectivity index (χ4n) is 3.85. The predicted octanol–water partition coefficient (Wildman–Crippen LogP) is 4.46. The van der Waals surface area contributed by atoms with Gasteiger partial charge in [0.25, 0.3) is 0 Å². The van der Waals surface area contributed by atoms with Gasteiger partial charge in [-0.1, -0.05) is 23.7 Å². The Morgan fingerprint density at radius 3 is 2.29 bits per heavy atom. The molecule has 1 aliphatic rings. The van der Waals surface area contributed by atoms with Crippen molar-refractivity contribution in [2.45, 2.75) is 64.1 Å². The lowest BCUT2D eigenvalue weighted by molar-refractivity contribution is 0.221. The van der Waals surface area contributed by atoms with Crippen LogP contribution < -0.4 is 20.9 Å². The first-order valence-electron chi connectivity index (χ1n) is 10.8. The Balaban J connectivity index is 1.49. The number of aryl methyl sites for hydroxylation is 1. The molecule has 2 amide bonds. The largest absolute Gasteiger partial charge is 0.363 e. The number of urea groups is 1. The van der Waals surface area contributed by atoms with E-state index >= 15 is 0 Å². The summed E-state index contributed by atoms with van der Waals surface area (Å²) in [6, 6.07) is 9.85. The van der Waals surface area contributed by atoms with Gasteiger partial charge in [0.1, 0.15) is 5.82 Å². The van der Waals surface area contributed by atoms with Gasteiger partial charge in [-0.05, 0) is 64.2 Å². The van der Waals surface area contributed by atoms with E-state index in [1.165, 1.54) is 0 Å². The lowest BCUT2D eigenvalue weighted by atomic mass is 9.91. The van der Waals surface area contributed by atoms with Gasteiger partial charge in [-0.2, -0.15) is 4.98 Å². The predicted molar refractivity (Wildman–Crippen MR) is 127 cm³/mol. The molecule has 1 heterocycles. The summed E-state index contributed by atoms with van der Waals surface area (Å²) in [5.41, 5.74) is 1.46. The van der Waals surface area contributed by atoms with Gasteiger partial charge in [0, 0.05) is 43.0 Å². The first kappa shape index (κ1) is 23.1. The van der Waals surface area contributed by atoms with Crippen LogP contribution >= 0.6 is 11.6 Å². The van der Waals surface area contributed by atoms with E-state index in [2.05, 4.69) is 25.9 Å². The molecule has 1 aromatic carbocycles. The van der Waals surface area contributed by atoms with Crippen molar-refractivity contribution in [2.75, 3.05) is 24.3 Å². The van der Waals surface area contributed by atoms with Crippen LogP contribution in [0.15, 0.2) is 30.3 Å². The molecule has 168 valence electrons. The Labute approximate surface area is 190 Å². The van der Waals surface area contributed by atoms with E-state index in [-0.39, 0.29) is 12.1 Å². The number of carbonyl (C=O) groups excluding carboxylic acids is 1. The Morgan fingerprint density at radius 2 is 1.68 bits per heavy atom. The van der Waals surface area contributed by atoms with Gasteiger partial charge in [0.05, 0.1) is 5.54 Å². The molecule has 0 atom stereocenters. The van der Waals surface area contributed by atoms with Gasteiger partial charge in [-0.15, -0.1) is 0 Å². The number of nitrogens with one attached hydrogen (secondary N) is 3. The molecule has 3 N–H and O–H groups in total. The Morgan fingerprint density at radius 1 is 1.06 bits per heavy atom. The highest BCUT2D eigenvalue weighted by Gasteiger charge is 2.26. The number of halogens is 1. The van der Waals surface area contributed by atoms with Gasteiger partial charge in [-0.3, -0.25) is 0 Å². The number of amides is 2. The van der Waals surface area contributed by atoms with Gasteiger partial charge < -0.3 is 20.9 Å². The third-order valence-electron chi connectivity index (χ3n) is 5.69. The second-order valence-corrected chi connectivity index (χ2v) is 9.45. The molecule has 3 rings (SSSR count). The summed E-state index contributed by atoms with van der Waals surface area (Å²) in [7, 11) is 3.95. The molecule has 1 fully saturated rings. The van der Waals surface area contributed by atoms with Crippen LogP contribution in [-0.2, 0) is 5.54 Å². The van der Waals surface area contributed by atoms with Crippen molar-refractivity contribution in [1.29, 1.82) is 0 Å². The first-order valence-corrected chi connectivity index (χ1v) is 11.1. The number of aromatic nitrogens is 2. The van der Waals surface area contributed by atoms with Gasteiger partial charge >= 0.3 is 6.03 Å². The SMILES string of the molecule is Cc1cc(N(C)C)nc(NC2CCC(NC(=O)NC(C)(C)c3ccc(Cl)cc3)CC2)n1. The number of rotatable bonds is 6. The Bertz CT molecular complexity index is 891. The van der Waals surface area contributed by atoms with Gasteiger partial charge in [-0.25, -0.2) is 9.78 Å². The summed E-state index contributed by atoms with van der Waals surface area (Å²) in [6.45, 7) is 5.95. The zero-order valence-corrected chi connectivity index (χ0v) is 19.8. The van der Waals surface area contributed by atoms with Crippen molar-refractivity contribution in [2.24, 2.45) is 0 Å². The van der Waals surface area contributed by atoms with Gasteiger partial charge in [0.15, 0.2) is 0 Å². The molecule has 0 radical (unpaired) electrons. The smallest absolute Gasteiger partial charge is 0.315 e. The maximum absolute atomic E-state index is 12.6. The molecular weight excluding hydrogens is 412 g/mol. The molecular formula is C23H33ClN6O. The van der Waals surface area contributed by atoms with Crippen molar-refractivity contribution in [3.05, 3.63) is 46.6 Å². The number of hydrogen-bond donors (Lipinski definition) is 3. The zero-order valence-electron chi connectivity index (χ0n) is 19.0. The first-order chi connectivity index (χ1) is 14.6. The van der Waals surface area contributed by atoms with E-state index in [0.717, 1.165) is 42.8 Å². The summed E-state index contributed by atoms with van der Waals surface area (Å²) in [4.78, 5) is 23.7. The van der Waals surface area contributed by atoms with Crippen molar-refractivity contribution in [3.8, 4) is 0 Å². The quantitative estimate of drug-likeness (QED) is 0.612. The monoisotopic (exact) mass is 444 g/mol. The molecule has 31 heavy (non-hydrogen) atoms. The van der Waals surface area contributed by atoms with E-state index in [0.29, 0.717) is 17.0 Å². The second-order valence-electron chi connectivity index (χ2n) is 9.01. The highest BCUT2D eigenvalue weighted by Crippen LogP contribution is 2.24. The highest BCUT2D eigenvalue weighted by molar-refractivity contribution is 6.30. The van der Waals surface area contributed by atoms with Crippen molar-refractivity contribution in [3.63, 3.8) is 0 Å². The number of benzene rings is 1. The minimum Gasteiger partial charge on any atom is -0.363 e. The van der Waals surface area contributed by atoms with Crippen LogP contribution in [-0.4, -0.2) is 42.2 Å². The molecule has 7 nitrogen and oxygen atoms in total. The van der Waals surface area contributed by atoms with Crippen LogP contribution in [0.5, 0.6) is 0 Å². The number of hydrogen-bond acceptors (Lipinski definition) is 5. The molecule has 0 aliphatic heterocycles. The third-order valence-corrected chi connectivity index (χ3v) is 5.94. The molecule has 0 bridgehead atoms. The number of nitrogens with zero attached hydrogens (tertiary/aromatic N) is 3. The average Bonchev–Trinajstić information content (AvgIpc) is 2.69. The third kappa shape index (κ3) is 6.47. The summed E-state index contributed by atoms with van der Waals surface area (Å²) in [6.07, 6.45) is 3.75. The maximum Gasteiger partial charge on any atom is 0.315 e. The molecule has 1 saturated carbocycles. The molecule has 2 aromatic rings. The Kier molecular flexibility index (Phi) is 7.26. The molecule has 8 heteroatoms. The van der Waals surface area contributed by atoms with E-state index < -0.39 is 5.54 Å².